The topological polar surface area (TPSA) is 63.6 Å². The van der Waals surface area contributed by atoms with E-state index < -0.39 is 28.8 Å². The molecule has 1 N–H and O–H groups in total. The van der Waals surface area contributed by atoms with Crippen LogP contribution in [0.25, 0.3) is 0 Å². The molecule has 0 fully saturated rings. The lowest BCUT2D eigenvalue weighted by Crippen LogP contribution is -2.34. The van der Waals surface area contributed by atoms with Crippen molar-refractivity contribution >= 4 is 23.4 Å². The van der Waals surface area contributed by atoms with Gasteiger partial charge in [0.25, 0.3) is 0 Å². The van der Waals surface area contributed by atoms with Crippen molar-refractivity contribution in [3.05, 3.63) is 0 Å². The van der Waals surface area contributed by atoms with E-state index >= 15 is 0 Å². The summed E-state index contributed by atoms with van der Waals surface area (Å²) in [6, 6.07) is 0. The molecule has 0 aromatic rings. The molecule has 0 aliphatic carbocycles. The SMILES string of the molecule is CC(O)CC(=O)[C@H](Cl)C(=O)OC(C)(C)C. The maximum absolute atomic E-state index is 11.3. The zero-order chi connectivity index (χ0) is 12.2. The van der Waals surface area contributed by atoms with Gasteiger partial charge in [0, 0.05) is 6.42 Å². The highest BCUT2D eigenvalue weighted by molar-refractivity contribution is 6.41. The van der Waals surface area contributed by atoms with Crippen LogP contribution in [-0.2, 0) is 14.3 Å². The molecule has 4 nitrogen and oxygen atoms in total. The Morgan fingerprint density at radius 1 is 1.40 bits per heavy atom. The van der Waals surface area contributed by atoms with Crippen LogP contribution in [0.4, 0.5) is 0 Å². The second-order valence-corrected chi connectivity index (χ2v) is 4.85. The number of ketones is 1. The number of hydrogen-bond acceptors (Lipinski definition) is 4. The summed E-state index contributed by atoms with van der Waals surface area (Å²) in [5.74, 6) is -1.30. The molecule has 0 radical (unpaired) electrons. The first-order valence-corrected chi connectivity index (χ1v) is 5.15. The summed E-state index contributed by atoms with van der Waals surface area (Å²) >= 11 is 5.60. The standard InChI is InChI=1S/C10H17ClO4/c1-6(12)5-7(13)8(11)9(14)15-10(2,3)4/h6,8,12H,5H2,1-4H3/t6?,8-/m0/s1. The lowest BCUT2D eigenvalue weighted by Gasteiger charge is -2.21. The molecule has 88 valence electrons. The fourth-order valence-electron chi connectivity index (χ4n) is 0.880. The maximum atomic E-state index is 11.3. The third-order valence-corrected chi connectivity index (χ3v) is 1.81. The molecule has 5 heteroatoms. The minimum absolute atomic E-state index is 0.145. The highest BCUT2D eigenvalue weighted by Crippen LogP contribution is 2.13. The van der Waals surface area contributed by atoms with Crippen LogP contribution in [0.5, 0.6) is 0 Å². The average Bonchev–Trinajstić information content (AvgIpc) is 1.98. The number of rotatable bonds is 4. The molecule has 0 heterocycles. The van der Waals surface area contributed by atoms with Crippen LogP contribution in [0.1, 0.15) is 34.1 Å². The fourth-order valence-corrected chi connectivity index (χ4v) is 1.01. The van der Waals surface area contributed by atoms with Gasteiger partial charge in [0.05, 0.1) is 6.10 Å². The summed E-state index contributed by atoms with van der Waals surface area (Å²) in [4.78, 5) is 22.6. The second-order valence-electron chi connectivity index (χ2n) is 4.42. The van der Waals surface area contributed by atoms with Crippen molar-refractivity contribution in [3.63, 3.8) is 0 Å². The number of ether oxygens (including phenoxy) is 1. The van der Waals surface area contributed by atoms with E-state index in [0.29, 0.717) is 0 Å². The van der Waals surface area contributed by atoms with Crippen molar-refractivity contribution in [2.75, 3.05) is 0 Å². The summed E-state index contributed by atoms with van der Waals surface area (Å²) in [6.07, 6.45) is -0.950. The number of carbonyl (C=O) groups is 2. The van der Waals surface area contributed by atoms with Crippen LogP contribution in [0.3, 0.4) is 0 Å². The summed E-state index contributed by atoms with van der Waals surface area (Å²) in [5.41, 5.74) is -0.671. The zero-order valence-electron chi connectivity index (χ0n) is 9.41. The van der Waals surface area contributed by atoms with Crippen molar-refractivity contribution in [1.82, 2.24) is 0 Å². The Kier molecular flexibility index (Phi) is 5.24. The number of aliphatic hydroxyl groups excluding tert-OH is 1. The lowest BCUT2D eigenvalue weighted by molar-refractivity contribution is -0.155. The minimum Gasteiger partial charge on any atom is -0.459 e. The summed E-state index contributed by atoms with van der Waals surface area (Å²) in [7, 11) is 0. The monoisotopic (exact) mass is 236 g/mol. The molecule has 0 aromatic carbocycles. The van der Waals surface area contributed by atoms with E-state index in [0.717, 1.165) is 0 Å². The van der Waals surface area contributed by atoms with Gasteiger partial charge in [-0.1, -0.05) is 0 Å². The Balaban J connectivity index is 4.26. The van der Waals surface area contributed by atoms with E-state index in [-0.39, 0.29) is 6.42 Å². The van der Waals surface area contributed by atoms with Crippen LogP contribution < -0.4 is 0 Å². The smallest absolute Gasteiger partial charge is 0.332 e. The molecule has 0 aliphatic rings. The van der Waals surface area contributed by atoms with E-state index in [2.05, 4.69) is 0 Å². The minimum atomic E-state index is -1.33. The van der Waals surface area contributed by atoms with Gasteiger partial charge in [0.15, 0.2) is 11.2 Å². The molecule has 0 saturated heterocycles. The molecule has 0 saturated carbocycles. The third-order valence-electron chi connectivity index (χ3n) is 1.39. The highest BCUT2D eigenvalue weighted by Gasteiger charge is 2.29. The Morgan fingerprint density at radius 2 is 1.87 bits per heavy atom. The molecule has 0 amide bonds. The molecular formula is C10H17ClO4. The molecule has 15 heavy (non-hydrogen) atoms. The van der Waals surface area contributed by atoms with E-state index in [4.69, 9.17) is 21.4 Å². The van der Waals surface area contributed by atoms with Crippen molar-refractivity contribution in [3.8, 4) is 0 Å². The molecule has 0 aromatic heterocycles. The van der Waals surface area contributed by atoms with Gasteiger partial charge in [0.1, 0.15) is 5.60 Å². The Labute approximate surface area is 94.6 Å². The summed E-state index contributed by atoms with van der Waals surface area (Å²) in [5, 5.41) is 7.62. The number of Topliss-reactive ketones (excluding diaryl/α,β-unsaturated/α-hetero) is 1. The summed E-state index contributed by atoms with van der Waals surface area (Å²) < 4.78 is 4.93. The van der Waals surface area contributed by atoms with Crippen LogP contribution in [-0.4, -0.2) is 33.9 Å². The Hall–Kier alpha value is -0.610. The number of alkyl halides is 1. The van der Waals surface area contributed by atoms with E-state index in [1.165, 1.54) is 6.92 Å². The van der Waals surface area contributed by atoms with Crippen LogP contribution in [0, 0.1) is 0 Å². The largest absolute Gasteiger partial charge is 0.459 e. The number of halogens is 1. The lowest BCUT2D eigenvalue weighted by atomic mass is 10.1. The molecule has 0 bridgehead atoms. The van der Waals surface area contributed by atoms with E-state index in [9.17, 15) is 9.59 Å². The Bertz CT molecular complexity index is 242. The fraction of sp³-hybridized carbons (Fsp3) is 0.800. The molecule has 0 rings (SSSR count). The second kappa shape index (κ2) is 5.47. The quantitative estimate of drug-likeness (QED) is 0.454. The normalized spacial score (nSPS) is 15.6. The summed E-state index contributed by atoms with van der Waals surface area (Å²) in [6.45, 7) is 6.52. The maximum Gasteiger partial charge on any atom is 0.332 e. The van der Waals surface area contributed by atoms with Gasteiger partial charge in [-0.3, -0.25) is 4.79 Å². The van der Waals surface area contributed by atoms with Gasteiger partial charge < -0.3 is 9.84 Å². The van der Waals surface area contributed by atoms with Crippen molar-refractivity contribution in [2.24, 2.45) is 0 Å². The molecule has 0 aliphatic heterocycles. The highest BCUT2D eigenvalue weighted by atomic mass is 35.5. The van der Waals surface area contributed by atoms with Gasteiger partial charge in [-0.15, -0.1) is 11.6 Å². The molecule has 0 spiro atoms. The first kappa shape index (κ1) is 14.4. The van der Waals surface area contributed by atoms with E-state index in [1.54, 1.807) is 20.8 Å². The zero-order valence-corrected chi connectivity index (χ0v) is 10.2. The van der Waals surface area contributed by atoms with Gasteiger partial charge in [-0.05, 0) is 27.7 Å². The van der Waals surface area contributed by atoms with Crippen LogP contribution in [0.2, 0.25) is 0 Å². The van der Waals surface area contributed by atoms with Crippen molar-refractivity contribution < 1.29 is 19.4 Å². The molecule has 2 atom stereocenters. The van der Waals surface area contributed by atoms with Gasteiger partial charge >= 0.3 is 5.97 Å². The van der Waals surface area contributed by atoms with E-state index in [1.807, 2.05) is 0 Å². The van der Waals surface area contributed by atoms with Crippen LogP contribution in [0.15, 0.2) is 0 Å². The number of carbonyl (C=O) groups excluding carboxylic acids is 2. The molecule has 1 unspecified atom stereocenters. The number of esters is 1. The van der Waals surface area contributed by atoms with Gasteiger partial charge in [0.2, 0.25) is 0 Å². The van der Waals surface area contributed by atoms with Gasteiger partial charge in [-0.25, -0.2) is 4.79 Å². The van der Waals surface area contributed by atoms with Gasteiger partial charge in [-0.2, -0.15) is 0 Å². The van der Waals surface area contributed by atoms with Crippen LogP contribution >= 0.6 is 11.6 Å². The first-order chi connectivity index (χ1) is 6.63. The first-order valence-electron chi connectivity index (χ1n) is 4.71. The predicted octanol–water partition coefficient (Wildman–Crippen LogP) is 1.28. The Morgan fingerprint density at radius 3 is 2.20 bits per heavy atom. The van der Waals surface area contributed by atoms with Crippen molar-refractivity contribution in [1.29, 1.82) is 0 Å². The predicted molar refractivity (Wildman–Crippen MR) is 56.8 cm³/mol. The number of hydrogen-bond donors (Lipinski definition) is 1. The number of aliphatic hydroxyl groups is 1. The third kappa shape index (κ3) is 6.47. The average molecular weight is 237 g/mol. The van der Waals surface area contributed by atoms with Crippen molar-refractivity contribution in [2.45, 2.75) is 51.2 Å². The molecular weight excluding hydrogens is 220 g/mol.